The largest absolute Gasteiger partial charge is 0.394 e. The molecule has 0 aromatic rings. The lowest BCUT2D eigenvalue weighted by Gasteiger charge is -2.33. The highest BCUT2D eigenvalue weighted by molar-refractivity contribution is 7.32. The Morgan fingerprint density at radius 3 is 2.78 bits per heavy atom. The highest BCUT2D eigenvalue weighted by atomic mass is 31.1. The quantitative estimate of drug-likeness (QED) is 0.434. The van der Waals surface area contributed by atoms with Crippen molar-refractivity contribution in [2.24, 2.45) is 0 Å². The number of urea groups is 1. The molecule has 0 aromatic carbocycles. The molecule has 10 nitrogen and oxygen atoms in total. The highest BCUT2D eigenvalue weighted by Gasteiger charge is 2.50. The van der Waals surface area contributed by atoms with E-state index in [-0.39, 0.29) is 0 Å². The number of hydrogen-bond acceptors (Lipinski definition) is 7. The maximum Gasteiger partial charge on any atom is 0.325 e. The Labute approximate surface area is 133 Å². The van der Waals surface area contributed by atoms with Crippen LogP contribution in [0.4, 0.5) is 4.79 Å². The Morgan fingerprint density at radius 1 is 1.48 bits per heavy atom. The third-order valence-electron chi connectivity index (χ3n) is 3.43. The minimum Gasteiger partial charge on any atom is -0.394 e. The Balaban J connectivity index is 2.23. The Bertz CT molecular complexity index is 476. The zero-order chi connectivity index (χ0) is 17.0. The van der Waals surface area contributed by atoms with Gasteiger partial charge in [-0.3, -0.25) is 9.46 Å². The normalized spacial score (nSPS) is 35.4. The third kappa shape index (κ3) is 4.30. The summed E-state index contributed by atoms with van der Waals surface area (Å²) in [5.41, 5.74) is 0. The van der Waals surface area contributed by atoms with Crippen molar-refractivity contribution in [3.05, 3.63) is 12.3 Å². The van der Waals surface area contributed by atoms with Gasteiger partial charge in [-0.2, -0.15) is 0 Å². The van der Waals surface area contributed by atoms with Crippen molar-refractivity contribution in [2.75, 3.05) is 13.2 Å². The number of rotatable bonds is 7. The van der Waals surface area contributed by atoms with Gasteiger partial charge in [0.15, 0.2) is 6.23 Å². The number of aliphatic hydroxyl groups excluding tert-OH is 2. The molecule has 1 fully saturated rings. The van der Waals surface area contributed by atoms with Crippen LogP contribution in [0.1, 0.15) is 13.3 Å². The standard InChI is InChI=1S/C12H21N2O8P/c1-2-5-20-10-9(22-23(18)19)7(6-15)21-11(10)14-4-3-8(16)13-12(14)17/h3-4,7-11,15-16,23H,2,5-6H2,1H3,(H,13,17)(H,18,19). The van der Waals surface area contributed by atoms with Gasteiger partial charge in [0.1, 0.15) is 24.5 Å². The molecule has 0 radical (unpaired) electrons. The molecule has 6 atom stereocenters. The zero-order valence-corrected chi connectivity index (χ0v) is 13.5. The fourth-order valence-corrected chi connectivity index (χ4v) is 2.98. The zero-order valence-electron chi connectivity index (χ0n) is 12.5. The number of amides is 2. The first-order valence-electron chi connectivity index (χ1n) is 7.20. The van der Waals surface area contributed by atoms with Gasteiger partial charge in [0, 0.05) is 12.8 Å². The Hall–Kier alpha value is -1.00. The summed E-state index contributed by atoms with van der Waals surface area (Å²) < 4.78 is 27.2. The number of carbonyl (C=O) groups excluding carboxylic acids is 1. The van der Waals surface area contributed by atoms with Crippen LogP contribution < -0.4 is 5.32 Å². The molecule has 0 aromatic heterocycles. The van der Waals surface area contributed by atoms with Gasteiger partial charge in [-0.1, -0.05) is 6.92 Å². The van der Waals surface area contributed by atoms with Gasteiger partial charge in [0.05, 0.1) is 6.61 Å². The van der Waals surface area contributed by atoms with E-state index in [4.69, 9.17) is 18.9 Å². The Morgan fingerprint density at radius 2 is 2.22 bits per heavy atom. The van der Waals surface area contributed by atoms with E-state index in [2.05, 4.69) is 5.32 Å². The van der Waals surface area contributed by atoms with Crippen LogP contribution in [0.3, 0.4) is 0 Å². The van der Waals surface area contributed by atoms with E-state index in [0.29, 0.717) is 13.0 Å². The summed E-state index contributed by atoms with van der Waals surface area (Å²) in [4.78, 5) is 22.2. The minimum absolute atomic E-state index is 0.316. The third-order valence-corrected chi connectivity index (χ3v) is 3.90. The first kappa shape index (κ1) is 18.3. The molecule has 0 bridgehead atoms. The van der Waals surface area contributed by atoms with Crippen molar-refractivity contribution in [1.82, 2.24) is 10.2 Å². The van der Waals surface area contributed by atoms with E-state index in [1.54, 1.807) is 0 Å². The molecule has 23 heavy (non-hydrogen) atoms. The molecule has 1 saturated heterocycles. The maximum absolute atomic E-state index is 12.0. The maximum atomic E-state index is 12.0. The predicted octanol–water partition coefficient (Wildman–Crippen LogP) is -0.877. The molecular formula is C12H21N2O8P. The topological polar surface area (TPSA) is 138 Å². The van der Waals surface area contributed by atoms with Crippen molar-refractivity contribution in [2.45, 2.75) is 44.1 Å². The summed E-state index contributed by atoms with van der Waals surface area (Å²) in [6.07, 6.45) is -1.52. The second-order valence-corrected chi connectivity index (χ2v) is 5.84. The van der Waals surface area contributed by atoms with Crippen molar-refractivity contribution >= 4 is 14.3 Å². The van der Waals surface area contributed by atoms with E-state index in [9.17, 15) is 19.6 Å². The van der Waals surface area contributed by atoms with Crippen LogP contribution in [0.5, 0.6) is 0 Å². The fourth-order valence-electron chi connectivity index (χ4n) is 2.46. The molecule has 2 rings (SSSR count). The summed E-state index contributed by atoms with van der Waals surface area (Å²) in [6, 6.07) is -0.621. The molecule has 0 saturated carbocycles. The van der Waals surface area contributed by atoms with Gasteiger partial charge in [0.25, 0.3) is 0 Å². The average Bonchev–Trinajstić information content (AvgIpc) is 2.82. The van der Waals surface area contributed by atoms with E-state index >= 15 is 0 Å². The van der Waals surface area contributed by atoms with Crippen LogP contribution in [0.25, 0.3) is 0 Å². The van der Waals surface area contributed by atoms with Gasteiger partial charge < -0.3 is 34.4 Å². The van der Waals surface area contributed by atoms with Gasteiger partial charge in [-0.25, -0.2) is 4.79 Å². The number of aliphatic hydroxyl groups is 2. The second kappa shape index (κ2) is 8.20. The molecule has 132 valence electrons. The van der Waals surface area contributed by atoms with Crippen LogP contribution in [-0.2, 0) is 18.6 Å². The monoisotopic (exact) mass is 352 g/mol. The molecule has 4 N–H and O–H groups in total. The van der Waals surface area contributed by atoms with E-state index in [1.807, 2.05) is 6.92 Å². The van der Waals surface area contributed by atoms with Crippen LogP contribution in [0, 0.1) is 0 Å². The van der Waals surface area contributed by atoms with Gasteiger partial charge in [-0.05, 0) is 12.5 Å². The lowest BCUT2D eigenvalue weighted by Crippen LogP contribution is -2.53. The molecule has 11 heteroatoms. The van der Waals surface area contributed by atoms with Gasteiger partial charge >= 0.3 is 14.3 Å². The Kier molecular flexibility index (Phi) is 6.54. The summed E-state index contributed by atoms with van der Waals surface area (Å²) in [5, 5.41) is 21.1. The van der Waals surface area contributed by atoms with Crippen molar-refractivity contribution < 1.29 is 38.5 Å². The molecule has 2 aliphatic heterocycles. The highest BCUT2D eigenvalue weighted by Crippen LogP contribution is 2.34. The molecule has 2 heterocycles. The number of nitrogens with one attached hydrogen (secondary N) is 1. The first-order chi connectivity index (χ1) is 11.0. The second-order valence-electron chi connectivity index (χ2n) is 5.07. The fraction of sp³-hybridized carbons (Fsp3) is 0.750. The van der Waals surface area contributed by atoms with Gasteiger partial charge in [0.2, 0.25) is 0 Å². The van der Waals surface area contributed by atoms with Crippen molar-refractivity contribution in [3.8, 4) is 0 Å². The number of nitrogens with zero attached hydrogens (tertiary/aromatic N) is 1. The number of ether oxygens (including phenoxy) is 2. The molecule has 0 aliphatic carbocycles. The van der Waals surface area contributed by atoms with E-state index in [0.717, 1.165) is 4.90 Å². The van der Waals surface area contributed by atoms with E-state index < -0.39 is 51.7 Å². The van der Waals surface area contributed by atoms with E-state index in [1.165, 1.54) is 12.3 Å². The van der Waals surface area contributed by atoms with Crippen LogP contribution in [0.15, 0.2) is 12.3 Å². The molecular weight excluding hydrogens is 331 g/mol. The summed E-state index contributed by atoms with van der Waals surface area (Å²) >= 11 is 0. The first-order valence-corrected chi connectivity index (χ1v) is 8.47. The lowest BCUT2D eigenvalue weighted by atomic mass is 10.1. The van der Waals surface area contributed by atoms with Crippen molar-refractivity contribution in [1.29, 1.82) is 0 Å². The average molecular weight is 352 g/mol. The van der Waals surface area contributed by atoms with Crippen molar-refractivity contribution in [3.63, 3.8) is 0 Å². The minimum atomic E-state index is -3.29. The summed E-state index contributed by atoms with van der Waals surface area (Å²) in [6.45, 7) is 1.73. The molecule has 6 unspecified atom stereocenters. The van der Waals surface area contributed by atoms with Crippen LogP contribution in [-0.4, -0.2) is 70.0 Å². The predicted molar refractivity (Wildman–Crippen MR) is 77.4 cm³/mol. The molecule has 2 amide bonds. The SMILES string of the molecule is CCCOC1C(O[PH](=O)O)C(CO)OC1N1C=CC(O)NC1=O. The van der Waals surface area contributed by atoms with Crippen LogP contribution in [0.2, 0.25) is 0 Å². The van der Waals surface area contributed by atoms with Crippen LogP contribution >= 0.6 is 8.25 Å². The smallest absolute Gasteiger partial charge is 0.325 e. The van der Waals surface area contributed by atoms with Gasteiger partial charge in [-0.15, -0.1) is 0 Å². The lowest BCUT2D eigenvalue weighted by molar-refractivity contribution is -0.0848. The molecule has 0 spiro atoms. The number of carbonyl (C=O) groups is 1. The molecule has 2 aliphatic rings. The summed E-state index contributed by atoms with van der Waals surface area (Å²) in [5.74, 6) is 0. The summed E-state index contributed by atoms with van der Waals surface area (Å²) in [7, 11) is -3.29. The number of hydrogen-bond donors (Lipinski definition) is 4.